The van der Waals surface area contributed by atoms with Gasteiger partial charge in [0.1, 0.15) is 12.2 Å². The number of ether oxygens (including phenoxy) is 3. The summed E-state index contributed by atoms with van der Waals surface area (Å²) in [6, 6.07) is 4.67. The first kappa shape index (κ1) is 16.5. The predicted molar refractivity (Wildman–Crippen MR) is 81.1 cm³/mol. The highest BCUT2D eigenvalue weighted by Crippen LogP contribution is 2.37. The summed E-state index contributed by atoms with van der Waals surface area (Å²) in [5, 5.41) is 10.9. The third-order valence-corrected chi connectivity index (χ3v) is 4.09. The molecule has 1 aromatic carbocycles. The van der Waals surface area contributed by atoms with E-state index in [1.807, 2.05) is 0 Å². The van der Waals surface area contributed by atoms with E-state index in [0.717, 1.165) is 0 Å². The van der Waals surface area contributed by atoms with Crippen molar-refractivity contribution in [2.45, 2.75) is 24.0 Å². The fourth-order valence-corrected chi connectivity index (χ4v) is 2.78. The lowest BCUT2D eigenvalue weighted by atomic mass is 9.91. The summed E-state index contributed by atoms with van der Waals surface area (Å²) in [7, 11) is 1.58. The highest BCUT2D eigenvalue weighted by Gasteiger charge is 2.43. The fourth-order valence-electron chi connectivity index (χ4n) is 2.02. The molecular weight excluding hydrogens is 366 g/mol. The Hall–Kier alpha value is -0.890. The van der Waals surface area contributed by atoms with Crippen molar-refractivity contribution in [2.24, 2.45) is 0 Å². The molecule has 0 aromatic heterocycles. The van der Waals surface area contributed by atoms with Crippen LogP contribution in [0.5, 0.6) is 5.75 Å². The molecule has 6 nitrogen and oxygen atoms in total. The van der Waals surface area contributed by atoms with E-state index in [4.69, 9.17) is 25.8 Å². The van der Waals surface area contributed by atoms with Gasteiger partial charge in [0.15, 0.2) is 5.75 Å². The molecule has 0 heterocycles. The standard InChI is InChI=1S/C13H15BrClNO5/c1-19-4-5-20-13-9(15)7-12(13)21-11-3-2-8(14)6-10(11)16(17)18/h2-3,6,9,12-13H,4-5,7H2,1H3. The van der Waals surface area contributed by atoms with Gasteiger partial charge in [-0.2, -0.15) is 0 Å². The van der Waals surface area contributed by atoms with Gasteiger partial charge >= 0.3 is 5.69 Å². The quantitative estimate of drug-likeness (QED) is 0.314. The number of alkyl halides is 1. The van der Waals surface area contributed by atoms with E-state index >= 15 is 0 Å². The average molecular weight is 381 g/mol. The van der Waals surface area contributed by atoms with Gasteiger partial charge in [0.2, 0.25) is 0 Å². The molecule has 8 heteroatoms. The molecule has 1 aromatic rings. The first-order valence-electron chi connectivity index (χ1n) is 6.38. The molecule has 0 bridgehead atoms. The Morgan fingerprint density at radius 1 is 1.48 bits per heavy atom. The zero-order valence-electron chi connectivity index (χ0n) is 11.3. The Morgan fingerprint density at radius 3 is 2.86 bits per heavy atom. The highest BCUT2D eigenvalue weighted by atomic mass is 79.9. The Bertz CT molecular complexity index is 515. The molecule has 116 valence electrons. The van der Waals surface area contributed by atoms with E-state index in [1.165, 1.54) is 6.07 Å². The zero-order chi connectivity index (χ0) is 15.4. The van der Waals surface area contributed by atoms with Crippen LogP contribution in [0.4, 0.5) is 5.69 Å². The van der Waals surface area contributed by atoms with Crippen LogP contribution in [0.15, 0.2) is 22.7 Å². The van der Waals surface area contributed by atoms with Crippen LogP contribution in [0.3, 0.4) is 0 Å². The van der Waals surface area contributed by atoms with Gasteiger partial charge in [-0.05, 0) is 12.1 Å². The summed E-state index contributed by atoms with van der Waals surface area (Å²) in [5.74, 6) is 0.220. The monoisotopic (exact) mass is 379 g/mol. The third kappa shape index (κ3) is 4.06. The van der Waals surface area contributed by atoms with Gasteiger partial charge in [-0.25, -0.2) is 0 Å². The maximum Gasteiger partial charge on any atom is 0.312 e. The molecule has 1 fully saturated rings. The van der Waals surface area contributed by atoms with Crippen molar-refractivity contribution >= 4 is 33.2 Å². The molecule has 0 saturated heterocycles. The van der Waals surface area contributed by atoms with Crippen LogP contribution < -0.4 is 4.74 Å². The van der Waals surface area contributed by atoms with Gasteiger partial charge in [0.05, 0.1) is 23.5 Å². The molecule has 0 N–H and O–H groups in total. The van der Waals surface area contributed by atoms with E-state index in [-0.39, 0.29) is 29.0 Å². The van der Waals surface area contributed by atoms with Crippen molar-refractivity contribution in [1.29, 1.82) is 0 Å². The van der Waals surface area contributed by atoms with E-state index in [2.05, 4.69) is 15.9 Å². The number of benzene rings is 1. The molecule has 0 spiro atoms. The molecule has 0 aliphatic heterocycles. The van der Waals surface area contributed by atoms with Crippen LogP contribution in [0.25, 0.3) is 0 Å². The highest BCUT2D eigenvalue weighted by molar-refractivity contribution is 9.10. The molecule has 21 heavy (non-hydrogen) atoms. The summed E-state index contributed by atoms with van der Waals surface area (Å²) in [5.41, 5.74) is -0.0851. The number of rotatable bonds is 7. The Balaban J connectivity index is 2.03. The molecular formula is C13H15BrClNO5. The number of halogens is 2. The van der Waals surface area contributed by atoms with Gasteiger partial charge in [-0.1, -0.05) is 15.9 Å². The molecule has 1 saturated carbocycles. The minimum atomic E-state index is -0.474. The summed E-state index contributed by atoms with van der Waals surface area (Å²) >= 11 is 9.30. The first-order chi connectivity index (χ1) is 10.0. The number of nitro groups is 1. The second kappa shape index (κ2) is 7.40. The van der Waals surface area contributed by atoms with Crippen LogP contribution in [-0.2, 0) is 9.47 Å². The van der Waals surface area contributed by atoms with Crippen molar-refractivity contribution in [3.63, 3.8) is 0 Å². The molecule has 1 aliphatic carbocycles. The fraction of sp³-hybridized carbons (Fsp3) is 0.538. The molecule has 1 aliphatic rings. The van der Waals surface area contributed by atoms with E-state index in [1.54, 1.807) is 19.2 Å². The van der Waals surface area contributed by atoms with E-state index in [9.17, 15) is 10.1 Å². The van der Waals surface area contributed by atoms with Gasteiger partial charge in [0.25, 0.3) is 0 Å². The first-order valence-corrected chi connectivity index (χ1v) is 7.61. The Labute approximate surface area is 135 Å². The Morgan fingerprint density at radius 2 is 2.24 bits per heavy atom. The number of nitrogens with zero attached hydrogens (tertiary/aromatic N) is 1. The van der Waals surface area contributed by atoms with Crippen molar-refractivity contribution in [1.82, 2.24) is 0 Å². The number of methoxy groups -OCH3 is 1. The number of hydrogen-bond acceptors (Lipinski definition) is 5. The molecule has 3 atom stereocenters. The lowest BCUT2D eigenvalue weighted by Gasteiger charge is -2.40. The van der Waals surface area contributed by atoms with Crippen molar-refractivity contribution in [3.05, 3.63) is 32.8 Å². The topological polar surface area (TPSA) is 70.8 Å². The minimum Gasteiger partial charge on any atom is -0.481 e. The number of hydrogen-bond donors (Lipinski definition) is 0. The maximum atomic E-state index is 11.0. The van der Waals surface area contributed by atoms with Crippen LogP contribution in [0.2, 0.25) is 0 Å². The SMILES string of the molecule is COCCOC1C(Cl)CC1Oc1ccc(Br)cc1[N+](=O)[O-]. The lowest BCUT2D eigenvalue weighted by Crippen LogP contribution is -2.53. The van der Waals surface area contributed by atoms with Crippen molar-refractivity contribution < 1.29 is 19.1 Å². The largest absolute Gasteiger partial charge is 0.481 e. The molecule has 3 unspecified atom stereocenters. The molecule has 0 amide bonds. The van der Waals surface area contributed by atoms with E-state index < -0.39 is 4.92 Å². The molecule has 0 radical (unpaired) electrons. The second-order valence-electron chi connectivity index (χ2n) is 4.61. The van der Waals surface area contributed by atoms with Gasteiger partial charge in [-0.3, -0.25) is 10.1 Å². The second-order valence-corrected chi connectivity index (χ2v) is 6.08. The van der Waals surface area contributed by atoms with Gasteiger partial charge in [-0.15, -0.1) is 11.6 Å². The maximum absolute atomic E-state index is 11.0. The summed E-state index contributed by atoms with van der Waals surface area (Å²) in [4.78, 5) is 10.6. The van der Waals surface area contributed by atoms with Crippen LogP contribution in [0, 0.1) is 10.1 Å². The zero-order valence-corrected chi connectivity index (χ0v) is 13.7. The smallest absolute Gasteiger partial charge is 0.312 e. The average Bonchev–Trinajstić information content (AvgIpc) is 2.44. The minimum absolute atomic E-state index is 0.0851. The lowest BCUT2D eigenvalue weighted by molar-refractivity contribution is -0.386. The van der Waals surface area contributed by atoms with Crippen LogP contribution >= 0.6 is 27.5 Å². The van der Waals surface area contributed by atoms with Gasteiger partial charge < -0.3 is 14.2 Å². The summed E-state index contributed by atoms with van der Waals surface area (Å²) in [6.45, 7) is 0.873. The summed E-state index contributed by atoms with van der Waals surface area (Å²) < 4.78 is 16.8. The van der Waals surface area contributed by atoms with Crippen molar-refractivity contribution in [3.8, 4) is 5.75 Å². The van der Waals surface area contributed by atoms with E-state index in [0.29, 0.717) is 24.1 Å². The van der Waals surface area contributed by atoms with Crippen molar-refractivity contribution in [2.75, 3.05) is 20.3 Å². The normalized spacial score (nSPS) is 24.4. The summed E-state index contributed by atoms with van der Waals surface area (Å²) in [6.07, 6.45) is 0.0150. The predicted octanol–water partition coefficient (Wildman–Crippen LogP) is 3.15. The molecule has 2 rings (SSSR count). The van der Waals surface area contributed by atoms with Crippen LogP contribution in [0.1, 0.15) is 6.42 Å². The third-order valence-electron chi connectivity index (χ3n) is 3.17. The van der Waals surface area contributed by atoms with Crippen LogP contribution in [-0.4, -0.2) is 42.8 Å². The van der Waals surface area contributed by atoms with Gasteiger partial charge in [0, 0.05) is 24.1 Å². The number of nitro benzene ring substituents is 1. The Kier molecular flexibility index (Phi) is 5.80.